The van der Waals surface area contributed by atoms with Gasteiger partial charge in [0.2, 0.25) is 10.0 Å². The molecule has 1 aliphatic carbocycles. The predicted octanol–water partition coefficient (Wildman–Crippen LogP) is 2.97. The quantitative estimate of drug-likeness (QED) is 0.855. The van der Waals surface area contributed by atoms with Crippen LogP contribution in [0.25, 0.3) is 0 Å². The molecule has 4 nitrogen and oxygen atoms in total. The Hall–Kier alpha value is -0.140. The Kier molecular flexibility index (Phi) is 7.13. The number of rotatable bonds is 5. The molecule has 0 bridgehead atoms. The number of sulfonamides is 1. The fourth-order valence-electron chi connectivity index (χ4n) is 3.01. The maximum Gasteiger partial charge on any atom is 0.241 e. The van der Waals surface area contributed by atoms with E-state index >= 15 is 0 Å². The Morgan fingerprint density at radius 3 is 2.43 bits per heavy atom. The van der Waals surface area contributed by atoms with E-state index in [9.17, 15) is 8.42 Å². The Balaban J connectivity index is 0.00000220. The van der Waals surface area contributed by atoms with Gasteiger partial charge in [-0.2, -0.15) is 0 Å². The van der Waals surface area contributed by atoms with Gasteiger partial charge in [0.1, 0.15) is 0 Å². The molecule has 1 saturated carbocycles. The van der Waals surface area contributed by atoms with Gasteiger partial charge in [-0.15, -0.1) is 23.7 Å². The summed E-state index contributed by atoms with van der Waals surface area (Å²) in [5.41, 5.74) is 5.81. The number of thiophene rings is 1. The molecule has 7 heteroatoms. The lowest BCUT2D eigenvalue weighted by molar-refractivity contribution is 0.294. The first-order valence-electron chi connectivity index (χ1n) is 7.23. The van der Waals surface area contributed by atoms with Gasteiger partial charge in [0.25, 0.3) is 0 Å². The number of nitrogens with two attached hydrogens (primary N) is 1. The molecule has 1 aliphatic rings. The third kappa shape index (κ3) is 4.66. The minimum absolute atomic E-state index is 0. The molecule has 1 fully saturated rings. The number of nitrogens with one attached hydrogen (secondary N) is 1. The molecular formula is C14H25ClN2O2S2. The molecule has 3 N–H and O–H groups in total. The minimum atomic E-state index is -3.45. The SMILES string of the molecule is Cc1cc(S(=O)(=O)NC(CN)C2CCCCC2)c(C)s1.Cl. The first-order valence-corrected chi connectivity index (χ1v) is 9.53. The van der Waals surface area contributed by atoms with E-state index in [2.05, 4.69) is 4.72 Å². The fourth-order valence-corrected chi connectivity index (χ4v) is 5.88. The van der Waals surface area contributed by atoms with Crippen molar-refractivity contribution >= 4 is 33.8 Å². The monoisotopic (exact) mass is 352 g/mol. The molecule has 1 aromatic heterocycles. The summed E-state index contributed by atoms with van der Waals surface area (Å²) < 4.78 is 27.9. The van der Waals surface area contributed by atoms with Crippen LogP contribution in [-0.2, 0) is 10.0 Å². The lowest BCUT2D eigenvalue weighted by Crippen LogP contribution is -2.45. The van der Waals surface area contributed by atoms with Gasteiger partial charge in [-0.05, 0) is 38.7 Å². The Labute approximate surface area is 138 Å². The van der Waals surface area contributed by atoms with Crippen molar-refractivity contribution in [2.24, 2.45) is 11.7 Å². The van der Waals surface area contributed by atoms with Crippen molar-refractivity contribution in [3.63, 3.8) is 0 Å². The van der Waals surface area contributed by atoms with Crippen molar-refractivity contribution in [2.45, 2.75) is 56.9 Å². The van der Waals surface area contributed by atoms with E-state index in [-0.39, 0.29) is 18.4 Å². The van der Waals surface area contributed by atoms with Gasteiger partial charge in [0.15, 0.2) is 0 Å². The highest BCUT2D eigenvalue weighted by atomic mass is 35.5. The van der Waals surface area contributed by atoms with Crippen molar-refractivity contribution < 1.29 is 8.42 Å². The highest BCUT2D eigenvalue weighted by molar-refractivity contribution is 7.89. The molecule has 21 heavy (non-hydrogen) atoms. The van der Waals surface area contributed by atoms with E-state index in [4.69, 9.17) is 5.73 Å². The molecule has 0 spiro atoms. The van der Waals surface area contributed by atoms with Crippen LogP contribution in [0.1, 0.15) is 41.9 Å². The second kappa shape index (κ2) is 7.92. The van der Waals surface area contributed by atoms with Crippen molar-refractivity contribution in [3.8, 4) is 0 Å². The summed E-state index contributed by atoms with van der Waals surface area (Å²) in [6, 6.07) is 1.61. The Morgan fingerprint density at radius 1 is 1.33 bits per heavy atom. The second-order valence-electron chi connectivity index (χ2n) is 5.64. The van der Waals surface area contributed by atoms with Crippen LogP contribution in [0.5, 0.6) is 0 Å². The molecule has 1 unspecified atom stereocenters. The number of hydrogen-bond donors (Lipinski definition) is 2. The lowest BCUT2D eigenvalue weighted by atomic mass is 9.84. The van der Waals surface area contributed by atoms with Crippen LogP contribution >= 0.6 is 23.7 Å². The molecule has 0 amide bonds. The smallest absolute Gasteiger partial charge is 0.241 e. The normalized spacial score (nSPS) is 18.2. The van der Waals surface area contributed by atoms with Crippen molar-refractivity contribution in [2.75, 3.05) is 6.54 Å². The zero-order chi connectivity index (χ0) is 14.8. The molecule has 0 radical (unpaired) electrons. The van der Waals surface area contributed by atoms with E-state index in [0.29, 0.717) is 17.4 Å². The van der Waals surface area contributed by atoms with Crippen LogP contribution in [0.3, 0.4) is 0 Å². The summed E-state index contributed by atoms with van der Waals surface area (Å²) in [7, 11) is -3.45. The second-order valence-corrected chi connectivity index (χ2v) is 8.78. The first-order chi connectivity index (χ1) is 9.44. The minimum Gasteiger partial charge on any atom is -0.329 e. The molecule has 0 aliphatic heterocycles. The van der Waals surface area contributed by atoms with Gasteiger partial charge in [-0.3, -0.25) is 0 Å². The summed E-state index contributed by atoms with van der Waals surface area (Å²) in [5, 5.41) is 0. The standard InChI is InChI=1S/C14H24N2O2S2.ClH/c1-10-8-14(11(2)19-10)20(17,18)16-13(9-15)12-6-4-3-5-7-12;/h8,12-13,16H,3-7,9,15H2,1-2H3;1H. The van der Waals surface area contributed by atoms with Crippen LogP contribution in [0, 0.1) is 19.8 Å². The van der Waals surface area contributed by atoms with E-state index in [1.54, 1.807) is 6.07 Å². The fraction of sp³-hybridized carbons (Fsp3) is 0.714. The summed E-state index contributed by atoms with van der Waals surface area (Å²) >= 11 is 1.52. The summed E-state index contributed by atoms with van der Waals surface area (Å²) in [6.07, 6.45) is 5.76. The molecule has 1 aromatic rings. The zero-order valence-corrected chi connectivity index (χ0v) is 15.0. The largest absolute Gasteiger partial charge is 0.329 e. The molecule has 0 aromatic carbocycles. The van der Waals surface area contributed by atoms with Crippen molar-refractivity contribution in [1.82, 2.24) is 4.72 Å². The van der Waals surface area contributed by atoms with Crippen LogP contribution in [0.15, 0.2) is 11.0 Å². The summed E-state index contributed by atoms with van der Waals surface area (Å²) in [5.74, 6) is 0.378. The molecule has 2 rings (SSSR count). The topological polar surface area (TPSA) is 72.2 Å². The molecule has 0 saturated heterocycles. The number of aryl methyl sites for hydroxylation is 2. The molecular weight excluding hydrogens is 328 g/mol. The maximum atomic E-state index is 12.5. The highest BCUT2D eigenvalue weighted by Crippen LogP contribution is 2.29. The van der Waals surface area contributed by atoms with Gasteiger partial charge in [0.05, 0.1) is 4.90 Å². The van der Waals surface area contributed by atoms with Gasteiger partial charge < -0.3 is 5.73 Å². The van der Waals surface area contributed by atoms with Gasteiger partial charge >= 0.3 is 0 Å². The number of halogens is 1. The lowest BCUT2D eigenvalue weighted by Gasteiger charge is -2.29. The number of hydrogen-bond acceptors (Lipinski definition) is 4. The third-order valence-corrected chi connectivity index (χ3v) is 6.78. The average Bonchev–Trinajstić information content (AvgIpc) is 2.77. The average molecular weight is 353 g/mol. The van der Waals surface area contributed by atoms with Crippen LogP contribution < -0.4 is 10.5 Å². The summed E-state index contributed by atoms with van der Waals surface area (Å²) in [6.45, 7) is 4.15. The van der Waals surface area contributed by atoms with Gasteiger partial charge in [-0.25, -0.2) is 13.1 Å². The Morgan fingerprint density at radius 2 is 1.95 bits per heavy atom. The zero-order valence-electron chi connectivity index (χ0n) is 12.6. The molecule has 1 heterocycles. The van der Waals surface area contributed by atoms with Crippen molar-refractivity contribution in [1.29, 1.82) is 0 Å². The maximum absolute atomic E-state index is 12.5. The van der Waals surface area contributed by atoms with Gasteiger partial charge in [0, 0.05) is 22.3 Å². The van der Waals surface area contributed by atoms with E-state index in [1.165, 1.54) is 30.6 Å². The highest BCUT2D eigenvalue weighted by Gasteiger charge is 2.28. The third-order valence-electron chi connectivity index (χ3n) is 4.06. The van der Waals surface area contributed by atoms with Gasteiger partial charge in [-0.1, -0.05) is 19.3 Å². The van der Waals surface area contributed by atoms with E-state index in [1.807, 2.05) is 13.8 Å². The van der Waals surface area contributed by atoms with E-state index < -0.39 is 10.0 Å². The van der Waals surface area contributed by atoms with E-state index in [0.717, 1.165) is 22.6 Å². The molecule has 122 valence electrons. The summed E-state index contributed by atoms with van der Waals surface area (Å²) in [4.78, 5) is 2.27. The van der Waals surface area contributed by atoms with Crippen LogP contribution in [0.4, 0.5) is 0 Å². The van der Waals surface area contributed by atoms with Crippen molar-refractivity contribution in [3.05, 3.63) is 15.8 Å². The molecule has 1 atom stereocenters. The Bertz CT molecular complexity index is 551. The predicted molar refractivity (Wildman–Crippen MR) is 90.8 cm³/mol. The van der Waals surface area contributed by atoms with Crippen LogP contribution in [0.2, 0.25) is 0 Å². The van der Waals surface area contributed by atoms with Crippen LogP contribution in [-0.4, -0.2) is 21.0 Å². The first kappa shape index (κ1) is 18.9.